The Balaban J connectivity index is 0.809. The molecular formula is C52H61N9O6S2. The number of benzene rings is 2. The fraction of sp³-hybridized carbons (Fsp3) is 0.423. The first kappa shape index (κ1) is 49.3. The van der Waals surface area contributed by atoms with E-state index in [0.717, 1.165) is 49.9 Å². The van der Waals surface area contributed by atoms with Crippen LogP contribution in [0.5, 0.6) is 0 Å². The minimum Gasteiger partial charge on any atom is -0.391 e. The topological polar surface area (TPSA) is 192 Å². The fourth-order valence-electron chi connectivity index (χ4n) is 8.89. The second kappa shape index (κ2) is 20.8. The number of likely N-dealkylation sites (tertiary alicyclic amines) is 1. The van der Waals surface area contributed by atoms with E-state index in [0.29, 0.717) is 18.9 Å². The van der Waals surface area contributed by atoms with Crippen LogP contribution in [-0.4, -0.2) is 110 Å². The van der Waals surface area contributed by atoms with Gasteiger partial charge in [0.1, 0.15) is 34.7 Å². The van der Waals surface area contributed by atoms with Gasteiger partial charge < -0.3 is 30.7 Å². The van der Waals surface area contributed by atoms with Crippen LogP contribution in [0.1, 0.15) is 96.0 Å². The summed E-state index contributed by atoms with van der Waals surface area (Å²) in [5.41, 5.74) is 7.83. The van der Waals surface area contributed by atoms with Gasteiger partial charge in [0, 0.05) is 53.5 Å². The number of carbonyl (C=O) groups is 4. The average molecular weight is 972 g/mol. The molecule has 4 N–H and O–H groups in total. The highest BCUT2D eigenvalue weighted by Crippen LogP contribution is 2.40. The molecule has 362 valence electrons. The molecule has 3 unspecified atom stereocenters. The van der Waals surface area contributed by atoms with Crippen LogP contribution >= 0.6 is 22.7 Å². The van der Waals surface area contributed by atoms with E-state index >= 15 is 0 Å². The van der Waals surface area contributed by atoms with Crippen LogP contribution in [0.25, 0.3) is 15.4 Å². The Morgan fingerprint density at radius 3 is 2.36 bits per heavy atom. The number of thiophene rings is 2. The van der Waals surface area contributed by atoms with Crippen molar-refractivity contribution in [3.05, 3.63) is 122 Å². The zero-order valence-corrected chi connectivity index (χ0v) is 42.1. The highest BCUT2D eigenvalue weighted by molar-refractivity contribution is 7.15. The van der Waals surface area contributed by atoms with Gasteiger partial charge in [-0.15, -0.1) is 32.9 Å². The molecule has 1 fully saturated rings. The summed E-state index contributed by atoms with van der Waals surface area (Å²) < 4.78 is 7.92. The molecule has 17 heteroatoms. The zero-order chi connectivity index (χ0) is 49.1. The Bertz CT molecular complexity index is 2820. The number of nitrogens with one attached hydrogen (secondary N) is 3. The summed E-state index contributed by atoms with van der Waals surface area (Å²) in [4.78, 5) is 68.4. The number of ether oxygens (including phenoxy) is 1. The first-order valence-corrected chi connectivity index (χ1v) is 25.1. The van der Waals surface area contributed by atoms with Gasteiger partial charge in [-0.3, -0.25) is 33.7 Å². The molecular weight excluding hydrogens is 911 g/mol. The number of carbonyl (C=O) groups excluding carboxylic acids is 4. The SMILES string of the molecule is Cc1ccc(C2=NC(CC(=O)NCCOCCC3C=CC(C(=O)N[C@H](C(=O)N4CC(O)C[C@H]4C(=O)NCc4ccc(-c5sccc5C)cc4)C(C)(C)C)=N3)c3nnc(C)n3-c3sc(C)c(C)c32)cc1. The molecule has 5 atom stereocenters. The predicted molar refractivity (Wildman–Crippen MR) is 270 cm³/mol. The van der Waals surface area contributed by atoms with Gasteiger partial charge in [-0.05, 0) is 86.2 Å². The Morgan fingerprint density at radius 2 is 1.65 bits per heavy atom. The van der Waals surface area contributed by atoms with Gasteiger partial charge in [-0.1, -0.05) is 80.9 Å². The van der Waals surface area contributed by atoms with E-state index in [1.165, 1.54) is 20.2 Å². The highest BCUT2D eigenvalue weighted by Gasteiger charge is 2.45. The molecule has 3 aliphatic heterocycles. The number of rotatable bonds is 16. The lowest BCUT2D eigenvalue weighted by atomic mass is 9.85. The maximum absolute atomic E-state index is 14.2. The lowest BCUT2D eigenvalue weighted by molar-refractivity contribution is -0.143. The largest absolute Gasteiger partial charge is 0.391 e. The van der Waals surface area contributed by atoms with E-state index < -0.39 is 41.5 Å². The van der Waals surface area contributed by atoms with Crippen molar-refractivity contribution >= 4 is 57.7 Å². The average Bonchev–Trinajstić information content (AvgIpc) is 4.16. The quantitative estimate of drug-likeness (QED) is 0.0796. The van der Waals surface area contributed by atoms with Gasteiger partial charge in [-0.25, -0.2) is 0 Å². The summed E-state index contributed by atoms with van der Waals surface area (Å²) in [7, 11) is 0. The number of aliphatic hydroxyl groups excluding tert-OH is 1. The van der Waals surface area contributed by atoms with E-state index in [1.807, 2.05) is 62.6 Å². The summed E-state index contributed by atoms with van der Waals surface area (Å²) in [6.07, 6.45) is 3.25. The van der Waals surface area contributed by atoms with Crippen molar-refractivity contribution in [2.24, 2.45) is 15.4 Å². The summed E-state index contributed by atoms with van der Waals surface area (Å²) in [6.45, 7) is 16.9. The molecule has 0 saturated carbocycles. The van der Waals surface area contributed by atoms with Gasteiger partial charge in [0.2, 0.25) is 17.7 Å². The van der Waals surface area contributed by atoms with Crippen molar-refractivity contribution in [2.45, 2.75) is 111 Å². The molecule has 0 radical (unpaired) electrons. The van der Waals surface area contributed by atoms with E-state index in [-0.39, 0.29) is 62.7 Å². The molecule has 3 aromatic heterocycles. The maximum atomic E-state index is 14.2. The van der Waals surface area contributed by atoms with Gasteiger partial charge in [0.15, 0.2) is 5.82 Å². The minimum atomic E-state index is -0.998. The predicted octanol–water partition coefficient (Wildman–Crippen LogP) is 6.59. The Hall–Kier alpha value is -6.14. The summed E-state index contributed by atoms with van der Waals surface area (Å²) in [6, 6.07) is 15.6. The number of aliphatic imine (C=N–C) groups is 2. The lowest BCUT2D eigenvalue weighted by Crippen LogP contribution is -2.58. The number of β-amino-alcohol motifs (C(OH)–C–C–N with tert-alkyl or cyclic N) is 1. The summed E-state index contributed by atoms with van der Waals surface area (Å²) in [5.74, 6) is -0.148. The second-order valence-corrected chi connectivity index (χ2v) is 21.3. The van der Waals surface area contributed by atoms with Crippen LogP contribution in [0.15, 0.2) is 82.1 Å². The number of fused-ring (bicyclic) bond motifs is 3. The monoisotopic (exact) mass is 971 g/mol. The van der Waals surface area contributed by atoms with Gasteiger partial charge in [-0.2, -0.15) is 0 Å². The fourth-order valence-corrected chi connectivity index (χ4v) is 11.0. The van der Waals surface area contributed by atoms with Crippen molar-refractivity contribution in [2.75, 3.05) is 26.3 Å². The first-order chi connectivity index (χ1) is 33.0. The van der Waals surface area contributed by atoms with Crippen LogP contribution in [0, 0.1) is 40.0 Å². The third-order valence-corrected chi connectivity index (χ3v) is 15.1. The number of nitrogens with zero attached hydrogens (tertiary/aromatic N) is 6. The van der Waals surface area contributed by atoms with Crippen molar-refractivity contribution in [3.63, 3.8) is 0 Å². The van der Waals surface area contributed by atoms with Crippen molar-refractivity contribution in [3.8, 4) is 15.4 Å². The standard InChI is InChI=1S/C52H61N9O6S2/c1-29-9-13-35(14-10-29)44-43-31(3)32(4)69-51(43)61-33(5)58-59-47(61)40(56-44)26-42(63)53-21-23-67-22-19-37-17-18-39(55-37)48(64)57-46(52(6,7)8)50(66)60-28-38(62)25-41(60)49(65)54-27-34-11-15-36(16-12-34)45-30(2)20-24-68-45/h9-18,20,24,37-38,40-41,46,62H,19,21-23,25-28H2,1-8H3,(H,53,63)(H,54,65)(H,57,64)/t37?,38?,40?,41-,46+/m0/s1. The van der Waals surface area contributed by atoms with Crippen molar-refractivity contribution in [1.29, 1.82) is 0 Å². The van der Waals surface area contributed by atoms with Crippen molar-refractivity contribution in [1.82, 2.24) is 35.6 Å². The molecule has 0 bridgehead atoms. The smallest absolute Gasteiger partial charge is 0.270 e. The van der Waals surface area contributed by atoms with Crippen LogP contribution in [0.4, 0.5) is 0 Å². The molecule has 8 rings (SSSR count). The molecule has 0 aliphatic carbocycles. The summed E-state index contributed by atoms with van der Waals surface area (Å²) in [5, 5.41) is 31.5. The van der Waals surface area contributed by atoms with Gasteiger partial charge in [0.25, 0.3) is 5.91 Å². The molecule has 0 spiro atoms. The van der Waals surface area contributed by atoms with Crippen LogP contribution in [0.3, 0.4) is 0 Å². The number of aryl methyl sites for hydroxylation is 4. The summed E-state index contributed by atoms with van der Waals surface area (Å²) >= 11 is 3.36. The number of hydrogen-bond acceptors (Lipinski definition) is 12. The van der Waals surface area contributed by atoms with Crippen molar-refractivity contribution < 1.29 is 29.0 Å². The number of aromatic nitrogens is 3. The molecule has 4 amide bonds. The third kappa shape index (κ3) is 11.0. The van der Waals surface area contributed by atoms with E-state index in [9.17, 15) is 24.3 Å². The molecule has 6 heterocycles. The number of hydrogen-bond donors (Lipinski definition) is 4. The molecule has 2 aromatic carbocycles. The zero-order valence-electron chi connectivity index (χ0n) is 40.5. The van der Waals surface area contributed by atoms with Gasteiger partial charge >= 0.3 is 0 Å². The van der Waals surface area contributed by atoms with E-state index in [4.69, 9.17) is 9.73 Å². The molecule has 15 nitrogen and oxygen atoms in total. The van der Waals surface area contributed by atoms with Crippen LogP contribution < -0.4 is 16.0 Å². The Morgan fingerprint density at radius 1 is 0.913 bits per heavy atom. The van der Waals surface area contributed by atoms with E-state index in [2.05, 4.69) is 94.5 Å². The Labute approximate surface area is 411 Å². The third-order valence-electron chi connectivity index (χ3n) is 12.9. The number of amides is 4. The van der Waals surface area contributed by atoms with E-state index in [1.54, 1.807) is 28.7 Å². The molecule has 5 aromatic rings. The second-order valence-electron chi connectivity index (χ2n) is 19.2. The maximum Gasteiger partial charge on any atom is 0.270 e. The highest BCUT2D eigenvalue weighted by atomic mass is 32.1. The minimum absolute atomic E-state index is 0.0228. The molecule has 1 saturated heterocycles. The normalized spacial score (nSPS) is 19.1. The van der Waals surface area contributed by atoms with Crippen LogP contribution in [-0.2, 0) is 30.5 Å². The number of aliphatic hydroxyl groups is 1. The van der Waals surface area contributed by atoms with Crippen LogP contribution in [0.2, 0.25) is 0 Å². The molecule has 69 heavy (non-hydrogen) atoms. The lowest BCUT2D eigenvalue weighted by Gasteiger charge is -2.35. The Kier molecular flexibility index (Phi) is 14.9. The first-order valence-electron chi connectivity index (χ1n) is 23.4. The molecule has 3 aliphatic rings. The van der Waals surface area contributed by atoms with Gasteiger partial charge in [0.05, 0.1) is 30.9 Å².